The minimum absolute atomic E-state index is 0.148. The summed E-state index contributed by atoms with van der Waals surface area (Å²) in [7, 11) is 0. The van der Waals surface area contributed by atoms with Crippen molar-refractivity contribution in [2.75, 3.05) is 11.9 Å². The summed E-state index contributed by atoms with van der Waals surface area (Å²) in [5.74, 6) is 0.463. The van der Waals surface area contributed by atoms with Gasteiger partial charge in [0.2, 0.25) is 0 Å². The molecule has 1 fully saturated rings. The Morgan fingerprint density at radius 3 is 2.40 bits per heavy atom. The fourth-order valence-corrected chi connectivity index (χ4v) is 2.31. The third-order valence-corrected chi connectivity index (χ3v) is 3.87. The predicted octanol–water partition coefficient (Wildman–Crippen LogP) is 3.57. The lowest BCUT2D eigenvalue weighted by atomic mass is 10.0. The van der Waals surface area contributed by atoms with E-state index < -0.39 is 0 Å². The van der Waals surface area contributed by atoms with Gasteiger partial charge in [-0.25, -0.2) is 4.79 Å². The highest BCUT2D eigenvalue weighted by Crippen LogP contribution is 2.29. The highest BCUT2D eigenvalue weighted by molar-refractivity contribution is 5.79. The Morgan fingerprint density at radius 1 is 1.30 bits per heavy atom. The molecule has 1 N–H and O–H groups in total. The van der Waals surface area contributed by atoms with E-state index in [-0.39, 0.29) is 12.0 Å². The maximum Gasteiger partial charge on any atom is 0.328 e. The van der Waals surface area contributed by atoms with E-state index in [0.29, 0.717) is 12.5 Å². The summed E-state index contributed by atoms with van der Waals surface area (Å²) in [6, 6.07) is 6.01. The average Bonchev–Trinajstić information content (AvgIpc) is 3.28. The van der Waals surface area contributed by atoms with E-state index >= 15 is 0 Å². The number of ether oxygens (including phenoxy) is 1. The van der Waals surface area contributed by atoms with Gasteiger partial charge in [0.25, 0.3) is 0 Å². The van der Waals surface area contributed by atoms with Crippen LogP contribution in [0.3, 0.4) is 0 Å². The van der Waals surface area contributed by atoms with Gasteiger partial charge >= 0.3 is 5.97 Å². The Hall–Kier alpha value is -1.51. The predicted molar refractivity (Wildman–Crippen MR) is 82.0 cm³/mol. The SMILES string of the molecule is CCc1cccc(CC)c1N[C@@H](C)C(=O)OCC1CC1. The van der Waals surface area contributed by atoms with Crippen LogP contribution >= 0.6 is 0 Å². The molecule has 1 aromatic carbocycles. The first-order chi connectivity index (χ1) is 9.65. The van der Waals surface area contributed by atoms with E-state index in [9.17, 15) is 4.79 Å². The highest BCUT2D eigenvalue weighted by Gasteiger charge is 2.25. The van der Waals surface area contributed by atoms with Crippen LogP contribution in [0.15, 0.2) is 18.2 Å². The summed E-state index contributed by atoms with van der Waals surface area (Å²) in [6.45, 7) is 6.73. The largest absolute Gasteiger partial charge is 0.464 e. The normalized spacial score (nSPS) is 15.8. The number of nitrogens with one attached hydrogen (secondary N) is 1. The molecule has 0 heterocycles. The van der Waals surface area contributed by atoms with Crippen molar-refractivity contribution >= 4 is 11.7 Å². The Balaban J connectivity index is 2.01. The molecule has 20 heavy (non-hydrogen) atoms. The summed E-state index contributed by atoms with van der Waals surface area (Å²) in [5, 5.41) is 3.35. The smallest absolute Gasteiger partial charge is 0.328 e. The summed E-state index contributed by atoms with van der Waals surface area (Å²) >= 11 is 0. The number of carbonyl (C=O) groups is 1. The van der Waals surface area contributed by atoms with Gasteiger partial charge in [-0.15, -0.1) is 0 Å². The van der Waals surface area contributed by atoms with Crippen molar-refractivity contribution in [1.82, 2.24) is 0 Å². The van der Waals surface area contributed by atoms with Gasteiger partial charge in [0.1, 0.15) is 6.04 Å². The number of benzene rings is 1. The first kappa shape index (κ1) is 14.9. The molecule has 1 aliphatic rings. The molecule has 0 amide bonds. The van der Waals surface area contributed by atoms with E-state index in [1.165, 1.54) is 24.0 Å². The maximum absolute atomic E-state index is 12.0. The number of hydrogen-bond donors (Lipinski definition) is 1. The fourth-order valence-electron chi connectivity index (χ4n) is 2.31. The molecule has 1 saturated carbocycles. The first-order valence-corrected chi connectivity index (χ1v) is 7.69. The zero-order valence-electron chi connectivity index (χ0n) is 12.7. The first-order valence-electron chi connectivity index (χ1n) is 7.69. The molecule has 3 nitrogen and oxygen atoms in total. The van der Waals surface area contributed by atoms with Gasteiger partial charge < -0.3 is 10.1 Å². The molecule has 2 rings (SSSR count). The lowest BCUT2D eigenvalue weighted by Gasteiger charge is -2.19. The number of anilines is 1. The molecule has 0 unspecified atom stereocenters. The second-order valence-corrected chi connectivity index (χ2v) is 5.60. The van der Waals surface area contributed by atoms with Crippen LogP contribution in [-0.2, 0) is 22.4 Å². The van der Waals surface area contributed by atoms with Crippen LogP contribution in [0.1, 0.15) is 44.7 Å². The Morgan fingerprint density at radius 2 is 1.90 bits per heavy atom. The molecule has 0 aromatic heterocycles. The third-order valence-electron chi connectivity index (χ3n) is 3.87. The van der Waals surface area contributed by atoms with E-state index in [1.807, 2.05) is 6.92 Å². The maximum atomic E-state index is 12.0. The molecular weight excluding hydrogens is 250 g/mol. The van der Waals surface area contributed by atoms with Crippen molar-refractivity contribution in [2.45, 2.75) is 52.5 Å². The van der Waals surface area contributed by atoms with Gasteiger partial charge in [-0.05, 0) is 49.7 Å². The fraction of sp³-hybridized carbons (Fsp3) is 0.588. The van der Waals surface area contributed by atoms with E-state index in [4.69, 9.17) is 4.74 Å². The number of carbonyl (C=O) groups excluding carboxylic acids is 1. The van der Waals surface area contributed by atoms with Gasteiger partial charge in [0, 0.05) is 5.69 Å². The summed E-state index contributed by atoms with van der Waals surface area (Å²) in [5.41, 5.74) is 3.62. The zero-order chi connectivity index (χ0) is 14.5. The van der Waals surface area contributed by atoms with Gasteiger partial charge in [-0.2, -0.15) is 0 Å². The molecule has 1 aliphatic carbocycles. The Bertz CT molecular complexity index is 444. The van der Waals surface area contributed by atoms with Gasteiger partial charge in [0.15, 0.2) is 0 Å². The standard InChI is InChI=1S/C17H25NO2/c1-4-14-7-6-8-15(5-2)16(14)18-12(3)17(19)20-11-13-9-10-13/h6-8,12-13,18H,4-5,9-11H2,1-3H3/t12-/m0/s1. The topological polar surface area (TPSA) is 38.3 Å². The van der Waals surface area contributed by atoms with Crippen LogP contribution in [-0.4, -0.2) is 18.6 Å². The van der Waals surface area contributed by atoms with Crippen LogP contribution in [0.5, 0.6) is 0 Å². The van der Waals surface area contributed by atoms with Crippen molar-refractivity contribution in [3.05, 3.63) is 29.3 Å². The van der Waals surface area contributed by atoms with Crippen molar-refractivity contribution in [3.63, 3.8) is 0 Å². The van der Waals surface area contributed by atoms with Crippen LogP contribution in [0, 0.1) is 5.92 Å². The number of esters is 1. The average molecular weight is 275 g/mol. The molecule has 0 bridgehead atoms. The third kappa shape index (κ3) is 3.75. The van der Waals surface area contributed by atoms with Gasteiger partial charge in [-0.3, -0.25) is 0 Å². The van der Waals surface area contributed by atoms with Crippen LogP contribution in [0.2, 0.25) is 0 Å². The Kier molecular flexibility index (Phi) is 5.05. The molecule has 3 heteroatoms. The molecule has 0 saturated heterocycles. The minimum atomic E-state index is -0.299. The van der Waals surface area contributed by atoms with Crippen LogP contribution < -0.4 is 5.32 Å². The van der Waals surface area contributed by atoms with Crippen molar-refractivity contribution < 1.29 is 9.53 Å². The summed E-state index contributed by atoms with van der Waals surface area (Å²) in [6.07, 6.45) is 4.32. The number of rotatable bonds is 7. The van der Waals surface area contributed by atoms with Crippen LogP contribution in [0.25, 0.3) is 0 Å². The number of aryl methyl sites for hydroxylation is 2. The lowest BCUT2D eigenvalue weighted by molar-refractivity contribution is -0.144. The van der Waals surface area contributed by atoms with Crippen molar-refractivity contribution in [1.29, 1.82) is 0 Å². The second-order valence-electron chi connectivity index (χ2n) is 5.60. The zero-order valence-corrected chi connectivity index (χ0v) is 12.7. The monoisotopic (exact) mass is 275 g/mol. The van der Waals surface area contributed by atoms with Crippen LogP contribution in [0.4, 0.5) is 5.69 Å². The number of hydrogen-bond acceptors (Lipinski definition) is 3. The van der Waals surface area contributed by atoms with E-state index in [2.05, 4.69) is 37.4 Å². The molecule has 110 valence electrons. The van der Waals surface area contributed by atoms with Gasteiger partial charge in [0.05, 0.1) is 6.61 Å². The molecule has 0 radical (unpaired) electrons. The lowest BCUT2D eigenvalue weighted by Crippen LogP contribution is -2.29. The summed E-state index contributed by atoms with van der Waals surface area (Å²) in [4.78, 5) is 12.0. The van der Waals surface area contributed by atoms with E-state index in [0.717, 1.165) is 18.5 Å². The second kappa shape index (κ2) is 6.78. The number of para-hydroxylation sites is 1. The molecule has 0 aliphatic heterocycles. The minimum Gasteiger partial charge on any atom is -0.464 e. The molecule has 1 atom stereocenters. The van der Waals surface area contributed by atoms with Gasteiger partial charge in [-0.1, -0.05) is 32.0 Å². The van der Waals surface area contributed by atoms with E-state index in [1.54, 1.807) is 0 Å². The summed E-state index contributed by atoms with van der Waals surface area (Å²) < 4.78 is 5.35. The molecule has 1 aromatic rings. The van der Waals surface area contributed by atoms with Crippen molar-refractivity contribution in [3.8, 4) is 0 Å². The van der Waals surface area contributed by atoms with Crippen molar-refractivity contribution in [2.24, 2.45) is 5.92 Å². The molecule has 0 spiro atoms. The Labute approximate surface area is 121 Å². The quantitative estimate of drug-likeness (QED) is 0.773. The highest BCUT2D eigenvalue weighted by atomic mass is 16.5. The molecular formula is C17H25NO2.